The second-order valence-corrected chi connectivity index (χ2v) is 6.07. The van der Waals surface area contributed by atoms with Crippen LogP contribution in [0.4, 0.5) is 13.2 Å². The molecule has 20 heavy (non-hydrogen) atoms. The first-order chi connectivity index (χ1) is 9.00. The van der Waals surface area contributed by atoms with E-state index in [4.69, 9.17) is 13.0 Å². The average Bonchev–Trinajstić information content (AvgIpc) is 2.27. The van der Waals surface area contributed by atoms with Gasteiger partial charge in [-0.05, 0) is 23.6 Å². The highest BCUT2D eigenvalue weighted by molar-refractivity contribution is 9.10. The molecule has 2 aromatic rings. The van der Waals surface area contributed by atoms with E-state index in [2.05, 4.69) is 57.2 Å². The van der Waals surface area contributed by atoms with Crippen molar-refractivity contribution in [2.45, 2.75) is 5.51 Å². The number of aryl methyl sites for hydroxylation is 1. The zero-order valence-electron chi connectivity index (χ0n) is 10.1. The van der Waals surface area contributed by atoms with Crippen LogP contribution in [0.5, 0.6) is 0 Å². The number of alkyl halides is 3. The van der Waals surface area contributed by atoms with Gasteiger partial charge >= 0.3 is 5.51 Å². The zero-order chi connectivity index (χ0) is 15.6. The molecular formula is C11H9BrF3NO3S. The molecule has 0 saturated carbocycles. The van der Waals surface area contributed by atoms with Crippen molar-refractivity contribution in [2.75, 3.05) is 0 Å². The topological polar surface area (TPSA) is 61.1 Å². The summed E-state index contributed by atoms with van der Waals surface area (Å²) in [7, 11) is -4.06. The highest BCUT2D eigenvalue weighted by Crippen LogP contribution is 2.20. The molecule has 1 aromatic carbocycles. The van der Waals surface area contributed by atoms with E-state index in [0.29, 0.717) is 0 Å². The molecule has 0 radical (unpaired) electrons. The summed E-state index contributed by atoms with van der Waals surface area (Å²) in [5.41, 5.74) is -5.65. The Morgan fingerprint density at radius 1 is 1.20 bits per heavy atom. The van der Waals surface area contributed by atoms with E-state index in [0.717, 1.165) is 4.47 Å². The third-order valence-corrected chi connectivity index (χ3v) is 3.22. The predicted molar refractivity (Wildman–Crippen MR) is 68.6 cm³/mol. The van der Waals surface area contributed by atoms with E-state index >= 15 is 0 Å². The fourth-order valence-corrected chi connectivity index (χ4v) is 1.65. The highest BCUT2D eigenvalue weighted by Gasteiger charge is 2.36. The summed E-state index contributed by atoms with van der Waals surface area (Å²) in [5, 5.41) is 2.53. The van der Waals surface area contributed by atoms with Gasteiger partial charge in [0.15, 0.2) is 22.5 Å². The Morgan fingerprint density at radius 3 is 2.25 bits per heavy atom. The van der Waals surface area contributed by atoms with Crippen molar-refractivity contribution < 1.29 is 30.7 Å². The Bertz CT molecular complexity index is 675. The molecule has 0 N–H and O–H groups in total. The van der Waals surface area contributed by atoms with Crippen LogP contribution in [0.15, 0.2) is 41.1 Å². The van der Waals surface area contributed by atoms with Crippen LogP contribution >= 0.6 is 15.9 Å². The summed E-state index contributed by atoms with van der Waals surface area (Å²) in [6, 6.07) is 8.40. The van der Waals surface area contributed by atoms with Gasteiger partial charge in [-0.1, -0.05) is 15.9 Å². The molecule has 0 unspecified atom stereocenters. The summed E-state index contributed by atoms with van der Waals surface area (Å²) >= 11 is 3.44. The third-order valence-electron chi connectivity index (χ3n) is 2.16. The van der Waals surface area contributed by atoms with E-state index < -0.39 is 15.6 Å². The molecule has 110 valence electrons. The lowest BCUT2D eigenvalue weighted by Crippen LogP contribution is -2.25. The maximum Gasteiger partial charge on any atom is 0.485 e. The Labute approximate surface area is 121 Å². The van der Waals surface area contributed by atoms with E-state index in [1.54, 1.807) is 0 Å². The van der Waals surface area contributed by atoms with Gasteiger partial charge in [-0.3, -0.25) is 0 Å². The second-order valence-electron chi connectivity index (χ2n) is 3.78. The first-order valence-electron chi connectivity index (χ1n) is 5.07. The van der Waals surface area contributed by atoms with Gasteiger partial charge in [0.25, 0.3) is 0 Å². The summed E-state index contributed by atoms with van der Waals surface area (Å²) in [6.45, 7) is 0. The Morgan fingerprint density at radius 2 is 1.75 bits per heavy atom. The van der Waals surface area contributed by atoms with Crippen LogP contribution in [0.3, 0.4) is 0 Å². The van der Waals surface area contributed by atoms with Crippen LogP contribution in [0.2, 0.25) is 0 Å². The molecule has 0 spiro atoms. The molecule has 1 aromatic heterocycles. The zero-order valence-corrected chi connectivity index (χ0v) is 12.5. The van der Waals surface area contributed by atoms with Gasteiger partial charge in [-0.15, -0.1) is 0 Å². The largest absolute Gasteiger partial charge is 0.741 e. The van der Waals surface area contributed by atoms with Crippen LogP contribution in [0.1, 0.15) is 0 Å². The molecule has 0 fully saturated rings. The van der Waals surface area contributed by atoms with Crippen molar-refractivity contribution in [1.82, 2.24) is 0 Å². The molecule has 0 saturated heterocycles. The number of nitrogens with zero attached hydrogens (tertiary/aromatic N) is 1. The minimum Gasteiger partial charge on any atom is -0.741 e. The minimum atomic E-state index is -6.09. The molecule has 0 bridgehead atoms. The van der Waals surface area contributed by atoms with Crippen LogP contribution in [-0.4, -0.2) is 18.5 Å². The Kier molecular flexibility index (Phi) is 5.11. The lowest BCUT2D eigenvalue weighted by molar-refractivity contribution is -0.670. The SMILES string of the molecule is C[n+]1ccc2cc(Br)ccc2c1.O=S(=O)([O-])C(F)(F)F. The van der Waals surface area contributed by atoms with Crippen LogP contribution < -0.4 is 4.57 Å². The Hall–Kier alpha value is -1.19. The molecule has 0 aliphatic rings. The van der Waals surface area contributed by atoms with Crippen molar-refractivity contribution in [3.05, 3.63) is 41.1 Å². The van der Waals surface area contributed by atoms with Crippen molar-refractivity contribution >= 4 is 36.8 Å². The summed E-state index contributed by atoms with van der Waals surface area (Å²) in [4.78, 5) is 0. The molecule has 0 atom stereocenters. The van der Waals surface area contributed by atoms with Gasteiger partial charge in [0.05, 0.1) is 0 Å². The predicted octanol–water partition coefficient (Wildman–Crippen LogP) is 2.48. The Balaban J connectivity index is 0.000000221. The van der Waals surface area contributed by atoms with Crippen LogP contribution in [0, 0.1) is 0 Å². The fourth-order valence-electron chi connectivity index (χ4n) is 1.27. The van der Waals surface area contributed by atoms with Crippen LogP contribution in [0.25, 0.3) is 10.8 Å². The number of fused-ring (bicyclic) bond motifs is 1. The molecule has 0 aliphatic heterocycles. The maximum absolute atomic E-state index is 10.7. The van der Waals surface area contributed by atoms with Gasteiger partial charge in [-0.2, -0.15) is 13.2 Å². The number of halogens is 4. The van der Waals surface area contributed by atoms with Gasteiger partial charge in [0.1, 0.15) is 7.05 Å². The number of rotatable bonds is 0. The van der Waals surface area contributed by atoms with Crippen molar-refractivity contribution in [2.24, 2.45) is 7.05 Å². The normalized spacial score (nSPS) is 11.9. The smallest absolute Gasteiger partial charge is 0.485 e. The average molecular weight is 372 g/mol. The van der Waals surface area contributed by atoms with E-state index in [1.165, 1.54) is 10.8 Å². The van der Waals surface area contributed by atoms with Crippen molar-refractivity contribution in [3.8, 4) is 0 Å². The molecule has 9 heteroatoms. The number of pyridine rings is 1. The number of hydrogen-bond donors (Lipinski definition) is 0. The first kappa shape index (κ1) is 16.9. The fraction of sp³-hybridized carbons (Fsp3) is 0.182. The standard InChI is InChI=1S/C10H9BrN.CHF3O3S/c1-12-5-4-8-6-10(11)3-2-9(8)7-12;2-1(3,4)8(5,6)7/h2-7H,1H3;(H,5,6,7)/q+1;/p-1. The number of aromatic nitrogens is 1. The molecule has 4 nitrogen and oxygen atoms in total. The van der Waals surface area contributed by atoms with Crippen LogP contribution in [-0.2, 0) is 17.2 Å². The minimum absolute atomic E-state index is 1.13. The number of hydrogen-bond acceptors (Lipinski definition) is 3. The third kappa shape index (κ3) is 4.73. The summed E-state index contributed by atoms with van der Waals surface area (Å²) < 4.78 is 62.1. The van der Waals surface area contributed by atoms with Gasteiger partial charge < -0.3 is 4.55 Å². The maximum atomic E-state index is 10.7. The van der Waals surface area contributed by atoms with Crippen molar-refractivity contribution in [3.63, 3.8) is 0 Å². The summed E-state index contributed by atoms with van der Waals surface area (Å²) in [5.74, 6) is 0. The molecule has 0 amide bonds. The van der Waals surface area contributed by atoms with E-state index in [9.17, 15) is 13.2 Å². The highest BCUT2D eigenvalue weighted by atomic mass is 79.9. The summed E-state index contributed by atoms with van der Waals surface area (Å²) in [6.07, 6.45) is 4.16. The van der Waals surface area contributed by atoms with Crippen molar-refractivity contribution in [1.29, 1.82) is 0 Å². The van der Waals surface area contributed by atoms with Gasteiger partial charge in [0, 0.05) is 15.9 Å². The molecule has 0 aliphatic carbocycles. The molecule has 1 heterocycles. The first-order valence-corrected chi connectivity index (χ1v) is 7.27. The van der Waals surface area contributed by atoms with E-state index in [-0.39, 0.29) is 0 Å². The molecule has 2 rings (SSSR count). The lowest BCUT2D eigenvalue weighted by atomic mass is 10.2. The second kappa shape index (κ2) is 6.06. The lowest BCUT2D eigenvalue weighted by Gasteiger charge is -2.08. The van der Waals surface area contributed by atoms with Gasteiger partial charge in [0.2, 0.25) is 0 Å². The molecular weight excluding hydrogens is 363 g/mol. The monoisotopic (exact) mass is 371 g/mol. The van der Waals surface area contributed by atoms with Gasteiger partial charge in [-0.25, -0.2) is 13.0 Å². The van der Waals surface area contributed by atoms with E-state index in [1.807, 2.05) is 7.05 Å². The quantitative estimate of drug-likeness (QED) is 0.406. The number of benzene rings is 1.